The molecule has 6 nitrogen and oxygen atoms in total. The van der Waals surface area contributed by atoms with Crippen molar-refractivity contribution < 1.29 is 9.53 Å². The average molecular weight is 272 g/mol. The third-order valence-corrected chi connectivity index (χ3v) is 2.80. The molecule has 0 unspecified atom stereocenters. The van der Waals surface area contributed by atoms with Crippen LogP contribution >= 0.6 is 0 Å². The Kier molecular flexibility index (Phi) is 4.05. The summed E-state index contributed by atoms with van der Waals surface area (Å²) in [4.78, 5) is 15.4. The predicted octanol–water partition coefficient (Wildman–Crippen LogP) is 1.38. The number of nitrogens with zero attached hydrogens (tertiary/aromatic N) is 1. The SMILES string of the molecule is COc1cc(CNc2cc(N)ccc2C(N)=O)ccn1. The van der Waals surface area contributed by atoms with E-state index in [9.17, 15) is 4.79 Å². The van der Waals surface area contributed by atoms with Crippen molar-refractivity contribution in [1.82, 2.24) is 4.98 Å². The Hall–Kier alpha value is -2.76. The number of benzene rings is 1. The number of methoxy groups -OCH3 is 1. The molecule has 1 heterocycles. The molecule has 1 aromatic carbocycles. The van der Waals surface area contributed by atoms with Gasteiger partial charge in [0.25, 0.3) is 5.91 Å². The smallest absolute Gasteiger partial charge is 0.250 e. The molecule has 0 aliphatic carbocycles. The summed E-state index contributed by atoms with van der Waals surface area (Å²) < 4.78 is 5.05. The second kappa shape index (κ2) is 5.92. The quantitative estimate of drug-likeness (QED) is 0.713. The van der Waals surface area contributed by atoms with Crippen LogP contribution in [0.1, 0.15) is 15.9 Å². The number of nitrogens with one attached hydrogen (secondary N) is 1. The second-order valence-electron chi connectivity index (χ2n) is 4.23. The highest BCUT2D eigenvalue weighted by molar-refractivity contribution is 5.99. The molecule has 1 amide bonds. The Morgan fingerprint density at radius 3 is 2.85 bits per heavy atom. The summed E-state index contributed by atoms with van der Waals surface area (Å²) in [6.07, 6.45) is 1.66. The van der Waals surface area contributed by atoms with Crippen LogP contribution in [0.5, 0.6) is 5.88 Å². The van der Waals surface area contributed by atoms with Gasteiger partial charge < -0.3 is 21.5 Å². The molecule has 0 bridgehead atoms. The summed E-state index contributed by atoms with van der Waals surface area (Å²) in [6.45, 7) is 0.503. The Bertz CT molecular complexity index is 628. The maximum atomic E-state index is 11.4. The highest BCUT2D eigenvalue weighted by Gasteiger charge is 2.08. The van der Waals surface area contributed by atoms with Crippen molar-refractivity contribution >= 4 is 17.3 Å². The molecule has 0 aliphatic rings. The Balaban J connectivity index is 2.17. The van der Waals surface area contributed by atoms with Gasteiger partial charge in [-0.2, -0.15) is 0 Å². The van der Waals surface area contributed by atoms with Crippen molar-refractivity contribution in [3.8, 4) is 5.88 Å². The first-order valence-corrected chi connectivity index (χ1v) is 6.02. The lowest BCUT2D eigenvalue weighted by atomic mass is 10.1. The van der Waals surface area contributed by atoms with E-state index in [-0.39, 0.29) is 0 Å². The fraction of sp³-hybridized carbons (Fsp3) is 0.143. The van der Waals surface area contributed by atoms with E-state index in [0.29, 0.717) is 29.4 Å². The Morgan fingerprint density at radius 2 is 2.15 bits per heavy atom. The number of primary amides is 1. The summed E-state index contributed by atoms with van der Waals surface area (Å²) in [5.74, 6) is 0.0341. The first-order chi connectivity index (χ1) is 9.60. The minimum atomic E-state index is -0.500. The molecule has 2 rings (SSSR count). The van der Waals surface area contributed by atoms with Gasteiger partial charge in [0.05, 0.1) is 12.7 Å². The van der Waals surface area contributed by atoms with Crippen molar-refractivity contribution in [3.05, 3.63) is 47.7 Å². The van der Waals surface area contributed by atoms with Crippen LogP contribution in [0.3, 0.4) is 0 Å². The molecule has 0 atom stereocenters. The molecule has 5 N–H and O–H groups in total. The fourth-order valence-electron chi connectivity index (χ4n) is 1.79. The molecule has 1 aromatic heterocycles. The van der Waals surface area contributed by atoms with Gasteiger partial charge >= 0.3 is 0 Å². The molecule has 0 spiro atoms. The minimum Gasteiger partial charge on any atom is -0.481 e. The van der Waals surface area contributed by atoms with Crippen LogP contribution in [-0.2, 0) is 6.54 Å². The Labute approximate surface area is 116 Å². The lowest BCUT2D eigenvalue weighted by Gasteiger charge is -2.11. The third kappa shape index (κ3) is 3.17. The minimum absolute atomic E-state index is 0.403. The molecule has 20 heavy (non-hydrogen) atoms. The normalized spacial score (nSPS) is 10.1. The summed E-state index contributed by atoms with van der Waals surface area (Å²) in [5.41, 5.74) is 13.6. The van der Waals surface area contributed by atoms with Crippen molar-refractivity contribution in [2.75, 3.05) is 18.2 Å². The van der Waals surface area contributed by atoms with Crippen LogP contribution in [0.2, 0.25) is 0 Å². The van der Waals surface area contributed by atoms with Crippen LogP contribution in [0.15, 0.2) is 36.5 Å². The van der Waals surface area contributed by atoms with Gasteiger partial charge in [-0.25, -0.2) is 4.98 Å². The standard InChI is InChI=1S/C14H16N4O2/c1-20-13-6-9(4-5-17-13)8-18-12-7-10(15)2-3-11(12)14(16)19/h2-7,18H,8,15H2,1H3,(H2,16,19). The zero-order valence-corrected chi connectivity index (χ0v) is 11.1. The van der Waals surface area contributed by atoms with Gasteiger partial charge in [-0.1, -0.05) is 0 Å². The number of amides is 1. The van der Waals surface area contributed by atoms with E-state index in [2.05, 4.69) is 10.3 Å². The summed E-state index contributed by atoms with van der Waals surface area (Å²) in [6, 6.07) is 8.58. The van der Waals surface area contributed by atoms with E-state index in [4.69, 9.17) is 16.2 Å². The monoisotopic (exact) mass is 272 g/mol. The van der Waals surface area contributed by atoms with Gasteiger partial charge in [-0.3, -0.25) is 4.79 Å². The van der Waals surface area contributed by atoms with Gasteiger partial charge in [0.1, 0.15) is 0 Å². The van der Waals surface area contributed by atoms with Crippen molar-refractivity contribution in [2.24, 2.45) is 5.73 Å². The second-order valence-corrected chi connectivity index (χ2v) is 4.23. The third-order valence-electron chi connectivity index (χ3n) is 2.80. The number of aromatic nitrogens is 1. The maximum absolute atomic E-state index is 11.4. The van der Waals surface area contributed by atoms with E-state index in [1.807, 2.05) is 12.1 Å². The van der Waals surface area contributed by atoms with Crippen LogP contribution < -0.4 is 21.5 Å². The molecule has 0 radical (unpaired) electrons. The van der Waals surface area contributed by atoms with Gasteiger partial charge in [0.15, 0.2) is 0 Å². The van der Waals surface area contributed by atoms with Crippen LogP contribution in [0.25, 0.3) is 0 Å². The van der Waals surface area contributed by atoms with Crippen LogP contribution in [-0.4, -0.2) is 18.0 Å². The summed E-state index contributed by atoms with van der Waals surface area (Å²) in [5, 5.41) is 3.14. The summed E-state index contributed by atoms with van der Waals surface area (Å²) in [7, 11) is 1.56. The van der Waals surface area contributed by atoms with Gasteiger partial charge in [-0.05, 0) is 29.8 Å². The topological polar surface area (TPSA) is 103 Å². The Morgan fingerprint density at radius 1 is 1.35 bits per heavy atom. The van der Waals surface area contributed by atoms with E-state index < -0.39 is 5.91 Å². The largest absolute Gasteiger partial charge is 0.481 e. The highest BCUT2D eigenvalue weighted by atomic mass is 16.5. The number of rotatable bonds is 5. The van der Waals surface area contributed by atoms with Crippen LogP contribution in [0.4, 0.5) is 11.4 Å². The van der Waals surface area contributed by atoms with Crippen molar-refractivity contribution in [1.29, 1.82) is 0 Å². The van der Waals surface area contributed by atoms with Gasteiger partial charge in [-0.15, -0.1) is 0 Å². The van der Waals surface area contributed by atoms with Gasteiger partial charge in [0, 0.05) is 30.2 Å². The van der Waals surface area contributed by atoms with Crippen molar-refractivity contribution in [2.45, 2.75) is 6.54 Å². The molecular weight excluding hydrogens is 256 g/mol. The van der Waals surface area contributed by atoms with Crippen molar-refractivity contribution in [3.63, 3.8) is 0 Å². The zero-order valence-electron chi connectivity index (χ0n) is 11.1. The lowest BCUT2D eigenvalue weighted by molar-refractivity contribution is 0.100. The number of nitrogens with two attached hydrogens (primary N) is 2. The maximum Gasteiger partial charge on any atom is 0.250 e. The van der Waals surface area contributed by atoms with E-state index in [1.165, 1.54) is 0 Å². The first kappa shape index (κ1) is 13.7. The number of carbonyl (C=O) groups is 1. The average Bonchev–Trinajstić information content (AvgIpc) is 2.45. The van der Waals surface area contributed by atoms with E-state index in [0.717, 1.165) is 5.56 Å². The molecule has 0 saturated carbocycles. The zero-order chi connectivity index (χ0) is 14.5. The van der Waals surface area contributed by atoms with Gasteiger partial charge in [0.2, 0.25) is 5.88 Å². The molecule has 6 heteroatoms. The number of pyridine rings is 1. The fourth-order valence-corrected chi connectivity index (χ4v) is 1.79. The molecule has 0 saturated heterocycles. The first-order valence-electron chi connectivity index (χ1n) is 6.02. The van der Waals surface area contributed by atoms with E-state index in [1.54, 1.807) is 31.5 Å². The number of ether oxygens (including phenoxy) is 1. The van der Waals surface area contributed by atoms with E-state index >= 15 is 0 Å². The molecular formula is C14H16N4O2. The molecule has 2 aromatic rings. The number of nitrogen functional groups attached to an aromatic ring is 1. The molecule has 0 aliphatic heterocycles. The number of anilines is 2. The number of hydrogen-bond acceptors (Lipinski definition) is 5. The molecule has 0 fully saturated rings. The predicted molar refractivity (Wildman–Crippen MR) is 77.5 cm³/mol. The molecule has 104 valence electrons. The number of carbonyl (C=O) groups excluding carboxylic acids is 1. The lowest BCUT2D eigenvalue weighted by Crippen LogP contribution is -2.14. The number of hydrogen-bond donors (Lipinski definition) is 3. The highest BCUT2D eigenvalue weighted by Crippen LogP contribution is 2.20. The van der Waals surface area contributed by atoms with Crippen LogP contribution in [0, 0.1) is 0 Å². The summed E-state index contributed by atoms with van der Waals surface area (Å²) >= 11 is 0.